The largest absolute Gasteiger partial charge is 0.454 e. The Kier molecular flexibility index (Phi) is 9.66. The Labute approximate surface area is 85.6 Å². The van der Waals surface area contributed by atoms with Gasteiger partial charge in [0, 0.05) is 11.6 Å². The molecule has 0 N–H and O–H groups in total. The van der Waals surface area contributed by atoms with Crippen LogP contribution in [0, 0.1) is 0 Å². The van der Waals surface area contributed by atoms with Gasteiger partial charge in [-0.25, -0.2) is 4.79 Å². The molecule has 3 heteroatoms. The fourth-order valence-electron chi connectivity index (χ4n) is 1.21. The molecule has 0 unspecified atom stereocenters. The second kappa shape index (κ2) is 9.85. The maximum absolute atomic E-state index is 10.2. The number of halogens is 1. The highest BCUT2D eigenvalue weighted by atomic mass is 35.5. The van der Waals surface area contributed by atoms with Gasteiger partial charge in [-0.05, 0) is 6.42 Å². The zero-order valence-electron chi connectivity index (χ0n) is 8.35. The van der Waals surface area contributed by atoms with Crippen LogP contribution < -0.4 is 0 Å². The topological polar surface area (TPSA) is 26.3 Å². The summed E-state index contributed by atoms with van der Waals surface area (Å²) in [6.45, 7) is 2.68. The van der Waals surface area contributed by atoms with Crippen molar-refractivity contribution in [2.75, 3.05) is 6.61 Å². The van der Waals surface area contributed by atoms with E-state index in [1.807, 2.05) is 0 Å². The molecule has 0 spiro atoms. The summed E-state index contributed by atoms with van der Waals surface area (Å²) in [6, 6.07) is 0. The Hall–Kier alpha value is -0.240. The summed E-state index contributed by atoms with van der Waals surface area (Å²) in [5.74, 6) is 0. The van der Waals surface area contributed by atoms with Gasteiger partial charge in [-0.1, -0.05) is 45.4 Å². The lowest BCUT2D eigenvalue weighted by atomic mass is 10.1. The highest BCUT2D eigenvalue weighted by molar-refractivity contribution is 6.61. The first-order valence-electron chi connectivity index (χ1n) is 5.09. The van der Waals surface area contributed by atoms with Crippen molar-refractivity contribution in [1.82, 2.24) is 0 Å². The third-order valence-corrected chi connectivity index (χ3v) is 2.07. The SMILES string of the molecule is CCCCCCCCCOC(=O)Cl. The van der Waals surface area contributed by atoms with Crippen LogP contribution in [0.15, 0.2) is 0 Å². The Morgan fingerprint density at radius 3 is 2.15 bits per heavy atom. The lowest BCUT2D eigenvalue weighted by Crippen LogP contribution is -1.96. The third kappa shape index (κ3) is 11.8. The average Bonchev–Trinajstić information content (AvgIpc) is 2.09. The van der Waals surface area contributed by atoms with E-state index in [-0.39, 0.29) is 0 Å². The molecule has 0 aromatic carbocycles. The summed E-state index contributed by atoms with van der Waals surface area (Å²) >= 11 is 5.00. The molecule has 0 rings (SSSR count). The Balaban J connectivity index is 2.87. The zero-order valence-corrected chi connectivity index (χ0v) is 9.11. The normalized spacial score (nSPS) is 10.0. The van der Waals surface area contributed by atoms with Crippen LogP contribution in [0.2, 0.25) is 0 Å². The highest BCUT2D eigenvalue weighted by Crippen LogP contribution is 2.06. The van der Waals surface area contributed by atoms with Crippen molar-refractivity contribution in [2.24, 2.45) is 0 Å². The van der Waals surface area contributed by atoms with Gasteiger partial charge in [-0.3, -0.25) is 0 Å². The van der Waals surface area contributed by atoms with E-state index >= 15 is 0 Å². The lowest BCUT2D eigenvalue weighted by molar-refractivity contribution is 0.170. The number of hydrogen-bond donors (Lipinski definition) is 0. The molecule has 2 nitrogen and oxygen atoms in total. The van der Waals surface area contributed by atoms with Crippen LogP contribution in [0.3, 0.4) is 0 Å². The monoisotopic (exact) mass is 206 g/mol. The molecule has 0 heterocycles. The van der Waals surface area contributed by atoms with Gasteiger partial charge in [-0.2, -0.15) is 0 Å². The second-order valence-corrected chi connectivity index (χ2v) is 3.52. The summed E-state index contributed by atoms with van der Waals surface area (Å²) < 4.78 is 4.60. The van der Waals surface area contributed by atoms with Crippen molar-refractivity contribution in [3.05, 3.63) is 0 Å². The molecular formula is C10H19ClO2. The minimum absolute atomic E-state index is 0.468. The van der Waals surface area contributed by atoms with Crippen molar-refractivity contribution < 1.29 is 9.53 Å². The Bertz CT molecular complexity index is 126. The molecule has 78 valence electrons. The van der Waals surface area contributed by atoms with E-state index in [2.05, 4.69) is 11.7 Å². The van der Waals surface area contributed by atoms with Crippen molar-refractivity contribution >= 4 is 17.0 Å². The molecule has 0 aliphatic carbocycles. The van der Waals surface area contributed by atoms with Crippen molar-refractivity contribution in [3.8, 4) is 0 Å². The fourth-order valence-corrected chi connectivity index (χ4v) is 1.29. The molecule has 0 saturated heterocycles. The number of rotatable bonds is 8. The molecule has 0 amide bonds. The first-order valence-corrected chi connectivity index (χ1v) is 5.47. The van der Waals surface area contributed by atoms with E-state index in [4.69, 9.17) is 11.6 Å². The van der Waals surface area contributed by atoms with Crippen molar-refractivity contribution in [2.45, 2.75) is 51.9 Å². The summed E-state index contributed by atoms with van der Waals surface area (Å²) in [4.78, 5) is 10.2. The van der Waals surface area contributed by atoms with Crippen LogP contribution >= 0.6 is 11.6 Å². The third-order valence-electron chi connectivity index (χ3n) is 1.96. The maximum atomic E-state index is 10.2. The minimum atomic E-state index is -0.689. The first-order chi connectivity index (χ1) is 6.27. The highest BCUT2D eigenvalue weighted by Gasteiger charge is 1.94. The van der Waals surface area contributed by atoms with Crippen LogP contribution in [0.1, 0.15) is 51.9 Å². The maximum Gasteiger partial charge on any atom is 0.403 e. The van der Waals surface area contributed by atoms with Crippen LogP contribution in [-0.2, 0) is 4.74 Å². The summed E-state index contributed by atoms with van der Waals surface area (Å²) in [5.41, 5.74) is -0.689. The summed E-state index contributed by atoms with van der Waals surface area (Å²) in [5, 5.41) is 0. The van der Waals surface area contributed by atoms with E-state index < -0.39 is 5.43 Å². The van der Waals surface area contributed by atoms with Crippen LogP contribution in [-0.4, -0.2) is 12.0 Å². The van der Waals surface area contributed by atoms with E-state index in [1.165, 1.54) is 32.1 Å². The Morgan fingerprint density at radius 2 is 1.62 bits per heavy atom. The first kappa shape index (κ1) is 12.8. The molecule has 0 saturated carbocycles. The number of carbonyl (C=O) groups is 1. The van der Waals surface area contributed by atoms with Gasteiger partial charge in [0.1, 0.15) is 0 Å². The second-order valence-electron chi connectivity index (χ2n) is 3.21. The van der Waals surface area contributed by atoms with E-state index in [9.17, 15) is 4.79 Å². The number of carbonyl (C=O) groups excluding carboxylic acids is 1. The number of unbranched alkanes of at least 4 members (excludes halogenated alkanes) is 6. The Morgan fingerprint density at radius 1 is 1.08 bits per heavy atom. The summed E-state index contributed by atoms with van der Waals surface area (Å²) in [7, 11) is 0. The summed E-state index contributed by atoms with van der Waals surface area (Å²) in [6.07, 6.45) is 8.54. The molecule has 0 bridgehead atoms. The average molecular weight is 207 g/mol. The van der Waals surface area contributed by atoms with Crippen LogP contribution in [0.5, 0.6) is 0 Å². The molecule has 0 atom stereocenters. The minimum Gasteiger partial charge on any atom is -0.454 e. The van der Waals surface area contributed by atoms with E-state index in [0.29, 0.717) is 6.61 Å². The fraction of sp³-hybridized carbons (Fsp3) is 0.900. The molecule has 0 aliphatic heterocycles. The van der Waals surface area contributed by atoms with Crippen LogP contribution in [0.25, 0.3) is 0 Å². The number of ether oxygens (including phenoxy) is 1. The lowest BCUT2D eigenvalue weighted by Gasteiger charge is -2.00. The predicted molar refractivity (Wildman–Crippen MR) is 55.2 cm³/mol. The van der Waals surface area contributed by atoms with Gasteiger partial charge >= 0.3 is 5.43 Å². The molecule has 0 radical (unpaired) electrons. The molecule has 0 aromatic heterocycles. The van der Waals surface area contributed by atoms with E-state index in [0.717, 1.165) is 12.8 Å². The number of hydrogen-bond acceptors (Lipinski definition) is 2. The van der Waals surface area contributed by atoms with E-state index in [1.54, 1.807) is 0 Å². The van der Waals surface area contributed by atoms with Gasteiger partial charge in [0.2, 0.25) is 0 Å². The van der Waals surface area contributed by atoms with Gasteiger partial charge in [0.05, 0.1) is 6.61 Å². The van der Waals surface area contributed by atoms with Gasteiger partial charge in [0.25, 0.3) is 0 Å². The zero-order chi connectivity index (χ0) is 9.94. The van der Waals surface area contributed by atoms with Gasteiger partial charge in [0.15, 0.2) is 0 Å². The molecule has 0 aromatic rings. The molecule has 0 fully saturated rings. The molecular weight excluding hydrogens is 188 g/mol. The molecule has 0 aliphatic rings. The molecule has 13 heavy (non-hydrogen) atoms. The standard InChI is InChI=1S/C10H19ClO2/c1-2-3-4-5-6-7-8-9-13-10(11)12/h2-9H2,1H3. The van der Waals surface area contributed by atoms with Crippen molar-refractivity contribution in [3.63, 3.8) is 0 Å². The van der Waals surface area contributed by atoms with Gasteiger partial charge in [-0.15, -0.1) is 0 Å². The van der Waals surface area contributed by atoms with Crippen LogP contribution in [0.4, 0.5) is 4.79 Å². The smallest absolute Gasteiger partial charge is 0.403 e. The van der Waals surface area contributed by atoms with Crippen molar-refractivity contribution in [1.29, 1.82) is 0 Å². The van der Waals surface area contributed by atoms with Gasteiger partial charge < -0.3 is 4.74 Å². The quantitative estimate of drug-likeness (QED) is 0.441. The predicted octanol–water partition coefficient (Wildman–Crippen LogP) is 4.11.